The van der Waals surface area contributed by atoms with Crippen molar-refractivity contribution in [3.63, 3.8) is 0 Å². The van der Waals surface area contributed by atoms with Crippen LogP contribution in [0.4, 0.5) is 0 Å². The molecule has 0 bridgehead atoms. The van der Waals surface area contributed by atoms with Crippen LogP contribution < -0.4 is 0 Å². The summed E-state index contributed by atoms with van der Waals surface area (Å²) < 4.78 is -1.78. The Morgan fingerprint density at radius 1 is 0.639 bits per heavy atom. The molecule has 0 aromatic carbocycles. The highest BCUT2D eigenvalue weighted by Crippen LogP contribution is 2.63. The van der Waals surface area contributed by atoms with Crippen LogP contribution in [0, 0.1) is 35.5 Å². The maximum absolute atomic E-state index is 10.00. The highest BCUT2D eigenvalue weighted by atomic mass is 35.5. The van der Waals surface area contributed by atoms with Gasteiger partial charge in [-0.3, -0.25) is 0 Å². The molecule has 10 atom stereocenters. The smallest absolute Gasteiger partial charge is 0.147 e. The summed E-state index contributed by atoms with van der Waals surface area (Å²) in [5.41, 5.74) is 0. The largest absolute Gasteiger partial charge is 0.393 e. The fourth-order valence-corrected chi connectivity index (χ4v) is 9.04. The van der Waals surface area contributed by atoms with Crippen molar-refractivity contribution in [3.05, 3.63) is 0 Å². The molecule has 0 aliphatic heterocycles. The first-order valence-electron chi connectivity index (χ1n) is 14.4. The van der Waals surface area contributed by atoms with Gasteiger partial charge < -0.3 is 20.4 Å². The van der Waals surface area contributed by atoms with E-state index in [2.05, 4.69) is 0 Å². The number of aliphatic hydroxyl groups excluding tert-OH is 4. The zero-order chi connectivity index (χ0) is 26.7. The van der Waals surface area contributed by atoms with Gasteiger partial charge in [0.05, 0.1) is 24.4 Å². The number of aliphatic hydroxyl groups is 4. The number of alkyl halides is 4. The second-order valence-electron chi connectivity index (χ2n) is 12.0. The molecule has 0 heterocycles. The third-order valence-corrected chi connectivity index (χ3v) is 11.9. The van der Waals surface area contributed by atoms with Gasteiger partial charge in [0, 0.05) is 11.8 Å². The molecule has 0 saturated heterocycles. The molecule has 0 radical (unpaired) electrons. The molecule has 4 rings (SSSR count). The Labute approximate surface area is 238 Å². The first-order chi connectivity index (χ1) is 17.0. The van der Waals surface area contributed by atoms with Crippen LogP contribution in [0.5, 0.6) is 0 Å². The Kier molecular flexibility index (Phi) is 11.9. The van der Waals surface area contributed by atoms with Crippen molar-refractivity contribution < 1.29 is 20.4 Å². The molecule has 0 aromatic rings. The summed E-state index contributed by atoms with van der Waals surface area (Å²) >= 11 is 24.5. The van der Waals surface area contributed by atoms with E-state index >= 15 is 0 Å². The molecule has 4 aliphatic rings. The van der Waals surface area contributed by atoms with Gasteiger partial charge in [0.15, 0.2) is 0 Å². The van der Waals surface area contributed by atoms with Crippen molar-refractivity contribution in [1.29, 1.82) is 0 Å². The molecular weight excluding hydrogens is 542 g/mol. The van der Waals surface area contributed by atoms with Crippen molar-refractivity contribution in [2.75, 3.05) is 0 Å². The monoisotopic (exact) mass is 588 g/mol. The number of rotatable bonds is 12. The predicted molar refractivity (Wildman–Crippen MR) is 150 cm³/mol. The standard InChI is InChI=1S/2C14H24Cl2O2/c2*1-2-10(17)6-4-3-5-9-7-8-11-12(9)13(18)14(11,15)16/h2*9-13,17-18H,2-8H2,1H3. The zero-order valence-electron chi connectivity index (χ0n) is 22.0. The second-order valence-corrected chi connectivity index (χ2v) is 14.9. The van der Waals surface area contributed by atoms with E-state index in [9.17, 15) is 20.4 Å². The van der Waals surface area contributed by atoms with Crippen LogP contribution in [0.25, 0.3) is 0 Å². The normalized spacial score (nSPS) is 39.2. The van der Waals surface area contributed by atoms with Crippen LogP contribution in [-0.2, 0) is 0 Å². The van der Waals surface area contributed by atoms with Crippen LogP contribution in [-0.4, -0.2) is 53.5 Å². The minimum atomic E-state index is -0.891. The fraction of sp³-hybridized carbons (Fsp3) is 1.00. The number of hydrogen-bond acceptors (Lipinski definition) is 4. The van der Waals surface area contributed by atoms with Gasteiger partial charge >= 0.3 is 0 Å². The summed E-state index contributed by atoms with van der Waals surface area (Å²) in [5, 5.41) is 39.0. The molecule has 8 heteroatoms. The third-order valence-electron chi connectivity index (χ3n) is 9.89. The molecule has 0 aromatic heterocycles. The molecule has 4 nitrogen and oxygen atoms in total. The van der Waals surface area contributed by atoms with Gasteiger partial charge in [-0.05, 0) is 75.0 Å². The van der Waals surface area contributed by atoms with E-state index in [0.29, 0.717) is 35.5 Å². The van der Waals surface area contributed by atoms with E-state index in [1.807, 2.05) is 13.8 Å². The topological polar surface area (TPSA) is 80.9 Å². The summed E-state index contributed by atoms with van der Waals surface area (Å²) in [7, 11) is 0. The molecule has 0 amide bonds. The van der Waals surface area contributed by atoms with Crippen LogP contribution in [0.3, 0.4) is 0 Å². The Hall–Kier alpha value is 1.00. The van der Waals surface area contributed by atoms with Gasteiger partial charge in [-0.1, -0.05) is 98.8 Å². The van der Waals surface area contributed by atoms with Gasteiger partial charge in [0.25, 0.3) is 0 Å². The summed E-state index contributed by atoms with van der Waals surface area (Å²) in [4.78, 5) is 0. The first kappa shape index (κ1) is 31.5. The Bertz CT molecular complexity index is 622. The molecule has 212 valence electrons. The van der Waals surface area contributed by atoms with Gasteiger partial charge in [0.2, 0.25) is 0 Å². The van der Waals surface area contributed by atoms with E-state index < -0.39 is 20.9 Å². The van der Waals surface area contributed by atoms with Crippen LogP contribution in [0.15, 0.2) is 0 Å². The minimum Gasteiger partial charge on any atom is -0.393 e. The molecule has 36 heavy (non-hydrogen) atoms. The number of fused-ring (bicyclic) bond motifs is 2. The van der Waals surface area contributed by atoms with Crippen molar-refractivity contribution >= 4 is 46.4 Å². The van der Waals surface area contributed by atoms with E-state index in [0.717, 1.165) is 89.9 Å². The zero-order valence-corrected chi connectivity index (χ0v) is 25.0. The number of unbranched alkanes of at least 4 members (excludes halogenated alkanes) is 2. The van der Waals surface area contributed by atoms with Gasteiger partial charge in [-0.25, -0.2) is 0 Å². The molecule has 4 fully saturated rings. The lowest BCUT2D eigenvalue weighted by molar-refractivity contribution is -0.0489. The Balaban J connectivity index is 0.000000201. The number of halogens is 4. The molecular formula is C28H48Cl4O4. The van der Waals surface area contributed by atoms with Gasteiger partial charge in [-0.15, -0.1) is 0 Å². The first-order valence-corrected chi connectivity index (χ1v) is 16.0. The summed E-state index contributed by atoms with van der Waals surface area (Å²) in [6.07, 6.45) is 13.2. The van der Waals surface area contributed by atoms with Crippen LogP contribution >= 0.6 is 46.4 Å². The third kappa shape index (κ3) is 6.82. The fourth-order valence-electron chi connectivity index (χ4n) is 7.44. The van der Waals surface area contributed by atoms with Gasteiger partial charge in [-0.2, -0.15) is 0 Å². The maximum Gasteiger partial charge on any atom is 0.147 e. The van der Waals surface area contributed by atoms with E-state index in [1.165, 1.54) is 0 Å². The molecule has 0 spiro atoms. The van der Waals surface area contributed by atoms with Crippen molar-refractivity contribution in [3.8, 4) is 0 Å². The van der Waals surface area contributed by atoms with Crippen LogP contribution in [0.2, 0.25) is 0 Å². The van der Waals surface area contributed by atoms with E-state index in [1.54, 1.807) is 0 Å². The van der Waals surface area contributed by atoms with Crippen molar-refractivity contribution in [2.24, 2.45) is 35.5 Å². The SMILES string of the molecule is CCC(O)CCCCC1CCC2C1C(O)C2(Cl)Cl.CCC(O)CCCCC1CCC2C1C(O)C2(Cl)Cl. The lowest BCUT2D eigenvalue weighted by Crippen LogP contribution is -2.59. The van der Waals surface area contributed by atoms with E-state index in [4.69, 9.17) is 46.4 Å². The lowest BCUT2D eigenvalue weighted by atomic mass is 9.68. The highest BCUT2D eigenvalue weighted by Gasteiger charge is 2.65. The summed E-state index contributed by atoms with van der Waals surface area (Å²) in [6, 6.07) is 0. The average Bonchev–Trinajstić information content (AvgIpc) is 3.46. The lowest BCUT2D eigenvalue weighted by Gasteiger charge is -2.50. The average molecular weight is 591 g/mol. The summed E-state index contributed by atoms with van der Waals surface area (Å²) in [5.74, 6) is 2.38. The minimum absolute atomic E-state index is 0.144. The molecule has 4 aliphatic carbocycles. The highest BCUT2D eigenvalue weighted by molar-refractivity contribution is 6.50. The predicted octanol–water partition coefficient (Wildman–Crippen LogP) is 7.02. The number of hydrogen-bond donors (Lipinski definition) is 4. The Morgan fingerprint density at radius 2 is 1.00 bits per heavy atom. The molecule has 4 N–H and O–H groups in total. The van der Waals surface area contributed by atoms with Crippen molar-refractivity contribution in [2.45, 2.75) is 137 Å². The Morgan fingerprint density at radius 3 is 1.33 bits per heavy atom. The van der Waals surface area contributed by atoms with Gasteiger partial charge in [0.1, 0.15) is 8.67 Å². The van der Waals surface area contributed by atoms with E-state index in [-0.39, 0.29) is 12.2 Å². The second kappa shape index (κ2) is 13.6. The molecule has 10 unspecified atom stereocenters. The maximum atomic E-state index is 10.00. The van der Waals surface area contributed by atoms with Crippen molar-refractivity contribution in [1.82, 2.24) is 0 Å². The van der Waals surface area contributed by atoms with Crippen LogP contribution in [0.1, 0.15) is 104 Å². The summed E-state index contributed by atoms with van der Waals surface area (Å²) in [6.45, 7) is 4.02. The quantitative estimate of drug-likeness (QED) is 0.146. The molecule has 4 saturated carbocycles.